The minimum Gasteiger partial charge on any atom is -0.484 e. The van der Waals surface area contributed by atoms with Gasteiger partial charge >= 0.3 is 0 Å². The van der Waals surface area contributed by atoms with E-state index in [4.69, 9.17) is 4.74 Å². The van der Waals surface area contributed by atoms with E-state index in [1.165, 1.54) is 6.21 Å². The van der Waals surface area contributed by atoms with E-state index in [0.717, 1.165) is 33.2 Å². The van der Waals surface area contributed by atoms with Crippen LogP contribution in [0.2, 0.25) is 0 Å². The van der Waals surface area contributed by atoms with Gasteiger partial charge in [0.1, 0.15) is 11.8 Å². The molecule has 3 N–H and O–H groups in total. The Balaban J connectivity index is 1.21. The molecule has 0 saturated carbocycles. The minimum atomic E-state index is -0.873. The molecule has 0 spiro atoms. The molecular formula is C33H29N5O3. The number of hydrogen-bond acceptors (Lipinski definition) is 5. The highest BCUT2D eigenvalue weighted by molar-refractivity contribution is 5.90. The Bertz CT molecular complexity index is 1650. The first-order chi connectivity index (χ1) is 20.1. The molecule has 5 rings (SSSR count). The molecule has 0 fully saturated rings. The molecule has 2 aromatic heterocycles. The molecule has 204 valence electrons. The van der Waals surface area contributed by atoms with Crippen molar-refractivity contribution in [3.63, 3.8) is 0 Å². The van der Waals surface area contributed by atoms with Crippen LogP contribution in [0.1, 0.15) is 22.3 Å². The summed E-state index contributed by atoms with van der Waals surface area (Å²) >= 11 is 0. The predicted molar refractivity (Wildman–Crippen MR) is 161 cm³/mol. The Hall–Kier alpha value is -5.50. The van der Waals surface area contributed by atoms with Crippen LogP contribution in [0.4, 0.5) is 0 Å². The van der Waals surface area contributed by atoms with Gasteiger partial charge in [-0.05, 0) is 41.0 Å². The molecule has 3 aromatic carbocycles. The fourth-order valence-electron chi connectivity index (χ4n) is 4.25. The second-order valence-electron chi connectivity index (χ2n) is 9.31. The van der Waals surface area contributed by atoms with E-state index in [1.807, 2.05) is 91.1 Å². The zero-order valence-electron chi connectivity index (χ0n) is 22.2. The largest absolute Gasteiger partial charge is 0.484 e. The fourth-order valence-corrected chi connectivity index (χ4v) is 4.25. The first kappa shape index (κ1) is 27.1. The molecule has 0 unspecified atom stereocenters. The molecule has 41 heavy (non-hydrogen) atoms. The lowest BCUT2D eigenvalue weighted by Crippen LogP contribution is -2.48. The number of H-pyrrole nitrogens is 1. The molecule has 2 amide bonds. The van der Waals surface area contributed by atoms with Crippen LogP contribution in [0, 0.1) is 0 Å². The van der Waals surface area contributed by atoms with Crippen molar-refractivity contribution in [2.24, 2.45) is 5.10 Å². The van der Waals surface area contributed by atoms with Gasteiger partial charge in [0, 0.05) is 41.5 Å². The molecule has 0 bridgehead atoms. The summed E-state index contributed by atoms with van der Waals surface area (Å²) in [7, 11) is 0. The number of aromatic nitrogens is 2. The molecule has 0 saturated heterocycles. The summed E-state index contributed by atoms with van der Waals surface area (Å²) in [5, 5.41) is 7.82. The first-order valence-corrected chi connectivity index (χ1v) is 13.2. The average Bonchev–Trinajstić information content (AvgIpc) is 3.43. The van der Waals surface area contributed by atoms with Crippen molar-refractivity contribution in [1.82, 2.24) is 20.7 Å². The van der Waals surface area contributed by atoms with Crippen molar-refractivity contribution in [3.05, 3.63) is 132 Å². The van der Waals surface area contributed by atoms with Crippen LogP contribution in [0.5, 0.6) is 5.75 Å². The van der Waals surface area contributed by atoms with Crippen LogP contribution >= 0.6 is 0 Å². The van der Waals surface area contributed by atoms with Crippen LogP contribution in [-0.4, -0.2) is 40.6 Å². The molecule has 8 nitrogen and oxygen atoms in total. The number of pyridine rings is 1. The SMILES string of the molecule is O=C(COc1ccc(/C=C/c2ccccc2)cc1)N[C@@H](Cc1c[nH]c2ccccc12)C(=O)N/N=C/c1cccnc1. The molecule has 8 heteroatoms. The predicted octanol–water partition coefficient (Wildman–Crippen LogP) is 4.99. The highest BCUT2D eigenvalue weighted by atomic mass is 16.5. The number of aromatic amines is 1. The summed E-state index contributed by atoms with van der Waals surface area (Å²) in [5.74, 6) is -0.316. The average molecular weight is 544 g/mol. The maximum Gasteiger partial charge on any atom is 0.262 e. The highest BCUT2D eigenvalue weighted by Gasteiger charge is 2.23. The van der Waals surface area contributed by atoms with Crippen molar-refractivity contribution in [2.45, 2.75) is 12.5 Å². The van der Waals surface area contributed by atoms with Crippen LogP contribution < -0.4 is 15.5 Å². The summed E-state index contributed by atoms with van der Waals surface area (Å²) < 4.78 is 5.70. The lowest BCUT2D eigenvalue weighted by atomic mass is 10.0. The fraction of sp³-hybridized carbons (Fsp3) is 0.0909. The van der Waals surface area contributed by atoms with Gasteiger partial charge in [-0.3, -0.25) is 14.6 Å². The normalized spacial score (nSPS) is 12.0. The van der Waals surface area contributed by atoms with E-state index in [-0.39, 0.29) is 13.0 Å². The summed E-state index contributed by atoms with van der Waals surface area (Å²) in [6.07, 6.45) is 10.9. The Morgan fingerprint density at radius 2 is 1.61 bits per heavy atom. The van der Waals surface area contributed by atoms with E-state index < -0.39 is 17.9 Å². The number of fused-ring (bicyclic) bond motifs is 1. The zero-order chi connectivity index (χ0) is 28.3. The Morgan fingerprint density at radius 3 is 2.39 bits per heavy atom. The van der Waals surface area contributed by atoms with Gasteiger partial charge < -0.3 is 15.0 Å². The first-order valence-electron chi connectivity index (χ1n) is 13.2. The quantitative estimate of drug-likeness (QED) is 0.124. The van der Waals surface area contributed by atoms with Crippen molar-refractivity contribution >= 4 is 41.1 Å². The number of nitrogens with one attached hydrogen (secondary N) is 3. The van der Waals surface area contributed by atoms with E-state index in [9.17, 15) is 9.59 Å². The Labute approximate surface area is 237 Å². The van der Waals surface area contributed by atoms with E-state index in [1.54, 1.807) is 30.6 Å². The minimum absolute atomic E-state index is 0.240. The number of nitrogens with zero attached hydrogens (tertiary/aromatic N) is 2. The third kappa shape index (κ3) is 7.77. The molecule has 2 heterocycles. The van der Waals surface area contributed by atoms with Gasteiger partial charge in [0.05, 0.1) is 6.21 Å². The number of benzene rings is 3. The number of amides is 2. The Morgan fingerprint density at radius 1 is 0.878 bits per heavy atom. The number of ether oxygens (including phenoxy) is 1. The number of carbonyl (C=O) groups excluding carboxylic acids is 2. The monoisotopic (exact) mass is 543 g/mol. The smallest absolute Gasteiger partial charge is 0.262 e. The number of hydrogen-bond donors (Lipinski definition) is 3. The lowest BCUT2D eigenvalue weighted by Gasteiger charge is -2.17. The summed E-state index contributed by atoms with van der Waals surface area (Å²) in [4.78, 5) is 33.2. The van der Waals surface area contributed by atoms with Crippen molar-refractivity contribution in [2.75, 3.05) is 6.61 Å². The number of hydrazone groups is 1. The standard InChI is InChI=1S/C33H29N5O3/c39-32(23-41-28-16-14-25(15-17-28)13-12-24-7-2-1-3-8-24)37-31(19-27-22-35-30-11-5-4-10-29(27)30)33(40)38-36-21-26-9-6-18-34-20-26/h1-18,20-22,31,35H,19,23H2,(H,37,39)(H,38,40)/b13-12+,36-21+/t31-/m0/s1. The van der Waals surface area contributed by atoms with Crippen LogP contribution in [0.15, 0.2) is 115 Å². The Kier molecular flexibility index (Phi) is 8.93. The zero-order valence-corrected chi connectivity index (χ0v) is 22.2. The second kappa shape index (κ2) is 13.5. The van der Waals surface area contributed by atoms with Crippen LogP contribution in [-0.2, 0) is 16.0 Å². The molecule has 0 aliphatic carbocycles. The number of carbonyl (C=O) groups is 2. The molecule has 5 aromatic rings. The van der Waals surface area contributed by atoms with Gasteiger partial charge in [0.25, 0.3) is 11.8 Å². The van der Waals surface area contributed by atoms with Crippen molar-refractivity contribution < 1.29 is 14.3 Å². The van der Waals surface area contributed by atoms with E-state index in [0.29, 0.717) is 5.75 Å². The molecule has 0 aliphatic rings. The maximum absolute atomic E-state index is 13.1. The van der Waals surface area contributed by atoms with Crippen LogP contribution in [0.3, 0.4) is 0 Å². The lowest BCUT2D eigenvalue weighted by molar-refractivity contribution is -0.130. The maximum atomic E-state index is 13.1. The van der Waals surface area contributed by atoms with Gasteiger partial charge in [-0.25, -0.2) is 5.43 Å². The molecule has 0 radical (unpaired) electrons. The van der Waals surface area contributed by atoms with Crippen molar-refractivity contribution in [3.8, 4) is 5.75 Å². The van der Waals surface area contributed by atoms with Gasteiger partial charge in [0.15, 0.2) is 6.61 Å². The molecule has 0 aliphatic heterocycles. The number of para-hydroxylation sites is 1. The highest BCUT2D eigenvalue weighted by Crippen LogP contribution is 2.19. The van der Waals surface area contributed by atoms with Gasteiger partial charge in [0.2, 0.25) is 0 Å². The van der Waals surface area contributed by atoms with E-state index in [2.05, 4.69) is 25.8 Å². The van der Waals surface area contributed by atoms with Gasteiger partial charge in [-0.15, -0.1) is 0 Å². The molecule has 1 atom stereocenters. The van der Waals surface area contributed by atoms with Crippen LogP contribution in [0.25, 0.3) is 23.1 Å². The summed E-state index contributed by atoms with van der Waals surface area (Å²) in [5.41, 5.74) is 7.24. The van der Waals surface area contributed by atoms with Gasteiger partial charge in [-0.1, -0.05) is 78.9 Å². The topological polar surface area (TPSA) is 108 Å². The summed E-state index contributed by atoms with van der Waals surface area (Å²) in [6, 6.07) is 28.0. The van der Waals surface area contributed by atoms with E-state index >= 15 is 0 Å². The molecular weight excluding hydrogens is 514 g/mol. The van der Waals surface area contributed by atoms with Gasteiger partial charge in [-0.2, -0.15) is 5.10 Å². The summed E-state index contributed by atoms with van der Waals surface area (Å²) in [6.45, 7) is -0.240. The third-order valence-electron chi connectivity index (χ3n) is 6.34. The third-order valence-corrected chi connectivity index (χ3v) is 6.34. The second-order valence-corrected chi connectivity index (χ2v) is 9.31. The van der Waals surface area contributed by atoms with Crippen molar-refractivity contribution in [1.29, 1.82) is 0 Å². The number of rotatable bonds is 11.